The molecule has 6 heteroatoms. The van der Waals surface area contributed by atoms with Gasteiger partial charge in [-0.15, -0.1) is 0 Å². The Morgan fingerprint density at radius 1 is 1.00 bits per heavy atom. The molecule has 1 aromatic rings. The van der Waals surface area contributed by atoms with E-state index in [0.29, 0.717) is 18.9 Å². The van der Waals surface area contributed by atoms with Crippen LogP contribution < -0.4 is 5.32 Å². The molecule has 2 saturated heterocycles. The lowest BCUT2D eigenvalue weighted by Crippen LogP contribution is -2.48. The maximum atomic E-state index is 12.8. The van der Waals surface area contributed by atoms with Gasteiger partial charge >= 0.3 is 0 Å². The highest BCUT2D eigenvalue weighted by Crippen LogP contribution is 2.39. The highest BCUT2D eigenvalue weighted by atomic mass is 16.5. The predicted molar refractivity (Wildman–Crippen MR) is 120 cm³/mol. The summed E-state index contributed by atoms with van der Waals surface area (Å²) in [5.41, 5.74) is 1.14. The second-order valence-electron chi connectivity index (χ2n) is 9.54. The van der Waals surface area contributed by atoms with Crippen molar-refractivity contribution in [2.45, 2.75) is 62.5 Å². The van der Waals surface area contributed by atoms with Crippen LogP contribution in [-0.4, -0.2) is 74.1 Å². The molecule has 0 radical (unpaired) electrons. The van der Waals surface area contributed by atoms with Crippen molar-refractivity contribution in [1.29, 1.82) is 0 Å². The number of ether oxygens (including phenoxy) is 2. The molecule has 2 N–H and O–H groups in total. The number of amides is 1. The number of hydrogen-bond acceptors (Lipinski definition) is 5. The molecular formula is C25H38N2O4. The lowest BCUT2D eigenvalue weighted by molar-refractivity contribution is -0.123. The summed E-state index contributed by atoms with van der Waals surface area (Å²) in [6.45, 7) is 5.45. The first-order chi connectivity index (χ1) is 15.2. The zero-order valence-corrected chi connectivity index (χ0v) is 18.6. The molecule has 31 heavy (non-hydrogen) atoms. The molecule has 172 valence electrons. The number of nitrogens with zero attached hydrogens (tertiary/aromatic N) is 1. The molecule has 1 aliphatic carbocycles. The number of aliphatic hydroxyl groups is 1. The topological polar surface area (TPSA) is 71.0 Å². The molecule has 2 heterocycles. The van der Waals surface area contributed by atoms with Gasteiger partial charge in [-0.3, -0.25) is 9.69 Å². The van der Waals surface area contributed by atoms with Crippen LogP contribution in [0.4, 0.5) is 0 Å². The van der Waals surface area contributed by atoms with Gasteiger partial charge in [0, 0.05) is 50.7 Å². The lowest BCUT2D eigenvalue weighted by Gasteiger charge is -2.37. The highest BCUT2D eigenvalue weighted by Gasteiger charge is 2.40. The van der Waals surface area contributed by atoms with Crippen LogP contribution in [-0.2, 0) is 19.7 Å². The molecule has 6 nitrogen and oxygen atoms in total. The standard InChI is InChI=1S/C25H38N2O4/c28-23-7-11-25(21-4-2-1-3-5-21,10-6-22(23)27-12-16-31-17-13-27)19-26-24(29)18-20-8-14-30-15-9-20/h1-5,20,22-23,28H,6-19H2,(H,26,29)/t22-,23-,25-/m1/s1. The Labute approximate surface area is 186 Å². The van der Waals surface area contributed by atoms with Gasteiger partial charge in [-0.25, -0.2) is 0 Å². The zero-order chi connectivity index (χ0) is 21.5. The van der Waals surface area contributed by atoms with Crippen LogP contribution in [0.25, 0.3) is 0 Å². The van der Waals surface area contributed by atoms with E-state index < -0.39 is 0 Å². The quantitative estimate of drug-likeness (QED) is 0.679. The van der Waals surface area contributed by atoms with Crippen molar-refractivity contribution in [3.05, 3.63) is 35.9 Å². The SMILES string of the molecule is O=C(CC1CCOCC1)NC[C@]1(c2ccccc2)CC[C@@H](O)[C@H](N2CCOCC2)CC1. The van der Waals surface area contributed by atoms with E-state index in [1.54, 1.807) is 0 Å². The molecule has 1 amide bonds. The fourth-order valence-electron chi connectivity index (χ4n) is 5.61. The number of hydrogen-bond donors (Lipinski definition) is 2. The third-order valence-corrected chi connectivity index (χ3v) is 7.62. The number of nitrogens with one attached hydrogen (secondary N) is 1. The van der Waals surface area contributed by atoms with Crippen LogP contribution in [0.15, 0.2) is 30.3 Å². The molecule has 0 aromatic heterocycles. The summed E-state index contributed by atoms with van der Waals surface area (Å²) in [4.78, 5) is 15.2. The molecule has 0 spiro atoms. The molecule has 0 bridgehead atoms. The maximum absolute atomic E-state index is 12.8. The first kappa shape index (κ1) is 22.7. The molecule has 3 aliphatic rings. The minimum atomic E-state index is -0.332. The minimum absolute atomic E-state index is 0.130. The Hall–Kier alpha value is -1.47. The summed E-state index contributed by atoms with van der Waals surface area (Å²) in [5, 5.41) is 14.3. The van der Waals surface area contributed by atoms with Gasteiger partial charge in [0.2, 0.25) is 5.91 Å². The largest absolute Gasteiger partial charge is 0.391 e. The monoisotopic (exact) mass is 430 g/mol. The van der Waals surface area contributed by atoms with Crippen LogP contribution >= 0.6 is 0 Å². The molecule has 3 atom stereocenters. The number of carbonyl (C=O) groups is 1. The number of rotatable bonds is 6. The van der Waals surface area contributed by atoms with E-state index >= 15 is 0 Å². The minimum Gasteiger partial charge on any atom is -0.391 e. The van der Waals surface area contributed by atoms with Gasteiger partial charge in [-0.05, 0) is 50.0 Å². The Balaban J connectivity index is 1.44. The van der Waals surface area contributed by atoms with Crippen molar-refractivity contribution >= 4 is 5.91 Å². The Bertz CT molecular complexity index is 688. The third-order valence-electron chi connectivity index (χ3n) is 7.62. The molecular weight excluding hydrogens is 392 g/mol. The van der Waals surface area contributed by atoms with Crippen molar-refractivity contribution in [1.82, 2.24) is 10.2 Å². The Morgan fingerprint density at radius 3 is 2.42 bits per heavy atom. The van der Waals surface area contributed by atoms with E-state index in [1.165, 1.54) is 5.56 Å². The van der Waals surface area contributed by atoms with Crippen LogP contribution in [0, 0.1) is 5.92 Å². The van der Waals surface area contributed by atoms with Crippen molar-refractivity contribution in [2.75, 3.05) is 46.1 Å². The van der Waals surface area contributed by atoms with Crippen LogP contribution in [0.5, 0.6) is 0 Å². The van der Waals surface area contributed by atoms with Gasteiger partial charge in [0.25, 0.3) is 0 Å². The highest BCUT2D eigenvalue weighted by molar-refractivity contribution is 5.76. The summed E-state index contributed by atoms with van der Waals surface area (Å²) in [5.74, 6) is 0.583. The maximum Gasteiger partial charge on any atom is 0.220 e. The second-order valence-corrected chi connectivity index (χ2v) is 9.54. The first-order valence-corrected chi connectivity index (χ1v) is 12.1. The van der Waals surface area contributed by atoms with Crippen molar-refractivity contribution in [2.24, 2.45) is 5.92 Å². The number of aliphatic hydroxyl groups excluding tert-OH is 1. The van der Waals surface area contributed by atoms with E-state index in [1.807, 2.05) is 6.07 Å². The van der Waals surface area contributed by atoms with E-state index in [0.717, 1.165) is 78.0 Å². The van der Waals surface area contributed by atoms with E-state index in [9.17, 15) is 9.90 Å². The summed E-state index contributed by atoms with van der Waals surface area (Å²) in [6.07, 6.45) is 5.76. The number of morpholine rings is 1. The normalized spacial score (nSPS) is 31.1. The summed E-state index contributed by atoms with van der Waals surface area (Å²) < 4.78 is 10.9. The number of benzene rings is 1. The molecule has 1 saturated carbocycles. The van der Waals surface area contributed by atoms with Crippen LogP contribution in [0.3, 0.4) is 0 Å². The molecule has 4 rings (SSSR count). The van der Waals surface area contributed by atoms with Crippen LogP contribution in [0.1, 0.15) is 50.5 Å². The first-order valence-electron chi connectivity index (χ1n) is 12.1. The fraction of sp³-hybridized carbons (Fsp3) is 0.720. The van der Waals surface area contributed by atoms with Gasteiger partial charge in [0.1, 0.15) is 0 Å². The Kier molecular flexibility index (Phi) is 7.99. The molecule has 1 aromatic carbocycles. The lowest BCUT2D eigenvalue weighted by atomic mass is 9.74. The van der Waals surface area contributed by atoms with Gasteiger partial charge in [0.05, 0.1) is 19.3 Å². The van der Waals surface area contributed by atoms with Crippen molar-refractivity contribution in [3.63, 3.8) is 0 Å². The van der Waals surface area contributed by atoms with E-state index in [2.05, 4.69) is 34.5 Å². The second kappa shape index (κ2) is 10.9. The fourth-order valence-corrected chi connectivity index (χ4v) is 5.61. The summed E-state index contributed by atoms with van der Waals surface area (Å²) in [6, 6.07) is 10.8. The summed E-state index contributed by atoms with van der Waals surface area (Å²) >= 11 is 0. The zero-order valence-electron chi connectivity index (χ0n) is 18.6. The predicted octanol–water partition coefficient (Wildman–Crippen LogP) is 2.49. The van der Waals surface area contributed by atoms with E-state index in [-0.39, 0.29) is 23.5 Å². The molecule has 3 fully saturated rings. The van der Waals surface area contributed by atoms with Gasteiger partial charge in [0.15, 0.2) is 0 Å². The van der Waals surface area contributed by atoms with Crippen LogP contribution in [0.2, 0.25) is 0 Å². The average Bonchev–Trinajstić information content (AvgIpc) is 2.99. The molecule has 2 aliphatic heterocycles. The third kappa shape index (κ3) is 5.86. The van der Waals surface area contributed by atoms with Crippen molar-refractivity contribution < 1.29 is 19.4 Å². The molecule has 0 unspecified atom stereocenters. The van der Waals surface area contributed by atoms with Gasteiger partial charge in [-0.2, -0.15) is 0 Å². The summed E-state index contributed by atoms with van der Waals surface area (Å²) in [7, 11) is 0. The number of carbonyl (C=O) groups excluding carboxylic acids is 1. The van der Waals surface area contributed by atoms with Gasteiger partial charge in [-0.1, -0.05) is 30.3 Å². The van der Waals surface area contributed by atoms with E-state index in [4.69, 9.17) is 9.47 Å². The Morgan fingerprint density at radius 2 is 1.68 bits per heavy atom. The smallest absolute Gasteiger partial charge is 0.220 e. The average molecular weight is 431 g/mol. The van der Waals surface area contributed by atoms with Gasteiger partial charge < -0.3 is 19.9 Å². The van der Waals surface area contributed by atoms with Crippen molar-refractivity contribution in [3.8, 4) is 0 Å².